The predicted octanol–water partition coefficient (Wildman–Crippen LogP) is 2.36. The zero-order valence-corrected chi connectivity index (χ0v) is 9.74. The fourth-order valence-electron chi connectivity index (χ4n) is 1.23. The zero-order chi connectivity index (χ0) is 11.5. The van der Waals surface area contributed by atoms with E-state index in [1.54, 1.807) is 0 Å². The minimum absolute atomic E-state index is 0.0760. The molecule has 1 heterocycles. The van der Waals surface area contributed by atoms with Gasteiger partial charge in [0, 0.05) is 12.8 Å². The first kappa shape index (κ1) is 11.7. The lowest BCUT2D eigenvalue weighted by atomic mass is 9.92. The van der Waals surface area contributed by atoms with Crippen molar-refractivity contribution in [2.45, 2.75) is 40.5 Å². The van der Waals surface area contributed by atoms with E-state index < -0.39 is 0 Å². The van der Waals surface area contributed by atoms with E-state index >= 15 is 0 Å². The van der Waals surface area contributed by atoms with Crippen LogP contribution >= 0.6 is 0 Å². The molecule has 1 aromatic rings. The van der Waals surface area contributed by atoms with Gasteiger partial charge < -0.3 is 4.52 Å². The number of rotatable bonds is 3. The van der Waals surface area contributed by atoms with Crippen LogP contribution < -0.4 is 0 Å². The third-order valence-electron chi connectivity index (χ3n) is 1.90. The van der Waals surface area contributed by atoms with E-state index in [9.17, 15) is 0 Å². The molecular weight excluding hydrogens is 190 g/mol. The minimum atomic E-state index is -0.0760. The van der Waals surface area contributed by atoms with E-state index in [4.69, 9.17) is 9.78 Å². The Morgan fingerprint density at radius 2 is 2.13 bits per heavy atom. The van der Waals surface area contributed by atoms with Gasteiger partial charge >= 0.3 is 0 Å². The van der Waals surface area contributed by atoms with Gasteiger partial charge in [-0.2, -0.15) is 10.2 Å². The number of nitrogens with zero attached hydrogens (tertiary/aromatic N) is 3. The summed E-state index contributed by atoms with van der Waals surface area (Å²) < 4.78 is 5.07. The molecule has 0 amide bonds. The fourth-order valence-corrected chi connectivity index (χ4v) is 1.23. The molecule has 0 bridgehead atoms. The number of hydrogen-bond acceptors (Lipinski definition) is 4. The van der Waals surface area contributed by atoms with E-state index in [-0.39, 0.29) is 11.3 Å². The van der Waals surface area contributed by atoms with E-state index in [2.05, 4.69) is 37.0 Å². The maximum atomic E-state index is 8.65. The van der Waals surface area contributed by atoms with Crippen LogP contribution in [0.5, 0.6) is 0 Å². The highest BCUT2D eigenvalue weighted by Crippen LogP contribution is 2.18. The molecule has 1 aromatic heterocycles. The fraction of sp³-hybridized carbons (Fsp3) is 0.727. The van der Waals surface area contributed by atoms with Crippen LogP contribution in [0.2, 0.25) is 0 Å². The number of aromatic nitrogens is 2. The molecule has 0 aliphatic heterocycles. The molecule has 0 N–H and O–H groups in total. The Morgan fingerprint density at radius 3 is 2.67 bits per heavy atom. The average molecular weight is 207 g/mol. The zero-order valence-electron chi connectivity index (χ0n) is 9.74. The molecule has 0 radical (unpaired) electrons. The van der Waals surface area contributed by atoms with Gasteiger partial charge in [0.15, 0.2) is 5.82 Å². The molecule has 0 aliphatic carbocycles. The van der Waals surface area contributed by atoms with Crippen molar-refractivity contribution in [3.8, 4) is 6.07 Å². The Hall–Kier alpha value is -1.37. The van der Waals surface area contributed by atoms with Gasteiger partial charge in [-0.15, -0.1) is 0 Å². The SMILES string of the molecule is CC(C#N)Cc1nc(CC(C)(C)C)no1. The lowest BCUT2D eigenvalue weighted by Gasteiger charge is -2.14. The van der Waals surface area contributed by atoms with Crippen molar-refractivity contribution >= 4 is 0 Å². The molecule has 4 nitrogen and oxygen atoms in total. The average Bonchev–Trinajstić information content (AvgIpc) is 2.49. The molecule has 0 aliphatic rings. The van der Waals surface area contributed by atoms with Crippen LogP contribution in [-0.2, 0) is 12.8 Å². The van der Waals surface area contributed by atoms with Crippen LogP contribution in [0.25, 0.3) is 0 Å². The maximum Gasteiger partial charge on any atom is 0.227 e. The first-order chi connectivity index (χ1) is 6.90. The highest BCUT2D eigenvalue weighted by molar-refractivity contribution is 4.93. The molecular formula is C11H17N3O. The van der Waals surface area contributed by atoms with E-state index in [1.807, 2.05) is 6.92 Å². The summed E-state index contributed by atoms with van der Waals surface area (Å²) >= 11 is 0. The standard InChI is InChI=1S/C11H17N3O/c1-8(7-12)5-10-13-9(14-15-10)6-11(2,3)4/h8H,5-6H2,1-4H3. The van der Waals surface area contributed by atoms with Gasteiger partial charge in [0.2, 0.25) is 5.89 Å². The van der Waals surface area contributed by atoms with Crippen molar-refractivity contribution < 1.29 is 4.52 Å². The second-order valence-corrected chi connectivity index (χ2v) is 5.08. The van der Waals surface area contributed by atoms with Gasteiger partial charge in [-0.05, 0) is 12.3 Å². The Balaban J connectivity index is 2.61. The summed E-state index contributed by atoms with van der Waals surface area (Å²) in [5.74, 6) is 1.21. The normalized spacial score (nSPS) is 13.5. The van der Waals surface area contributed by atoms with Crippen LogP contribution in [-0.4, -0.2) is 10.1 Å². The van der Waals surface area contributed by atoms with E-state index in [1.165, 1.54) is 0 Å². The monoisotopic (exact) mass is 207 g/mol. The summed E-state index contributed by atoms with van der Waals surface area (Å²) in [5.41, 5.74) is 0.155. The predicted molar refractivity (Wildman–Crippen MR) is 55.9 cm³/mol. The molecule has 0 saturated carbocycles. The van der Waals surface area contributed by atoms with Gasteiger partial charge in [0.1, 0.15) is 0 Å². The third kappa shape index (κ3) is 4.11. The van der Waals surface area contributed by atoms with Crippen LogP contribution in [0, 0.1) is 22.7 Å². The highest BCUT2D eigenvalue weighted by atomic mass is 16.5. The second-order valence-electron chi connectivity index (χ2n) is 5.08. The number of hydrogen-bond donors (Lipinski definition) is 0. The Morgan fingerprint density at radius 1 is 1.47 bits per heavy atom. The number of nitriles is 1. The molecule has 1 atom stereocenters. The largest absolute Gasteiger partial charge is 0.339 e. The molecule has 0 fully saturated rings. The molecule has 0 aromatic carbocycles. The first-order valence-electron chi connectivity index (χ1n) is 5.12. The molecule has 82 valence electrons. The van der Waals surface area contributed by atoms with Crippen molar-refractivity contribution in [3.63, 3.8) is 0 Å². The topological polar surface area (TPSA) is 62.7 Å². The van der Waals surface area contributed by atoms with Crippen LogP contribution in [0.15, 0.2) is 4.52 Å². The summed E-state index contributed by atoms with van der Waals surface area (Å²) in [6.07, 6.45) is 1.32. The first-order valence-corrected chi connectivity index (χ1v) is 5.12. The minimum Gasteiger partial charge on any atom is -0.339 e. The molecule has 4 heteroatoms. The van der Waals surface area contributed by atoms with Gasteiger partial charge in [0.25, 0.3) is 0 Å². The lowest BCUT2D eigenvalue weighted by Crippen LogP contribution is -2.10. The Kier molecular flexibility index (Phi) is 3.46. The van der Waals surface area contributed by atoms with Gasteiger partial charge in [-0.3, -0.25) is 0 Å². The van der Waals surface area contributed by atoms with Gasteiger partial charge in [0.05, 0.1) is 12.0 Å². The van der Waals surface area contributed by atoms with Crippen molar-refractivity contribution in [1.29, 1.82) is 5.26 Å². The molecule has 0 spiro atoms. The molecule has 15 heavy (non-hydrogen) atoms. The molecule has 1 unspecified atom stereocenters. The Labute approximate surface area is 90.3 Å². The van der Waals surface area contributed by atoms with Crippen molar-refractivity contribution in [3.05, 3.63) is 11.7 Å². The van der Waals surface area contributed by atoms with Crippen LogP contribution in [0.1, 0.15) is 39.4 Å². The second kappa shape index (κ2) is 4.43. The molecule has 0 saturated heterocycles. The summed E-state index contributed by atoms with van der Waals surface area (Å²) in [4.78, 5) is 4.25. The van der Waals surface area contributed by atoms with Crippen LogP contribution in [0.4, 0.5) is 0 Å². The summed E-state index contributed by atoms with van der Waals surface area (Å²) in [6, 6.07) is 2.14. The van der Waals surface area contributed by atoms with E-state index in [0.717, 1.165) is 12.2 Å². The van der Waals surface area contributed by atoms with Crippen molar-refractivity contribution in [2.24, 2.45) is 11.3 Å². The van der Waals surface area contributed by atoms with Crippen molar-refractivity contribution in [2.75, 3.05) is 0 Å². The van der Waals surface area contributed by atoms with Gasteiger partial charge in [-0.25, -0.2) is 0 Å². The summed E-state index contributed by atoms with van der Waals surface area (Å²) in [6.45, 7) is 8.22. The maximum absolute atomic E-state index is 8.65. The van der Waals surface area contributed by atoms with Gasteiger partial charge in [-0.1, -0.05) is 25.9 Å². The van der Waals surface area contributed by atoms with E-state index in [0.29, 0.717) is 12.3 Å². The lowest BCUT2D eigenvalue weighted by molar-refractivity contribution is 0.349. The quantitative estimate of drug-likeness (QED) is 0.763. The van der Waals surface area contributed by atoms with Crippen LogP contribution in [0.3, 0.4) is 0 Å². The Bertz CT molecular complexity index is 357. The molecule has 1 rings (SSSR count). The smallest absolute Gasteiger partial charge is 0.227 e. The third-order valence-corrected chi connectivity index (χ3v) is 1.90. The summed E-state index contributed by atoms with van der Waals surface area (Å²) in [5, 5.41) is 12.5. The highest BCUT2D eigenvalue weighted by Gasteiger charge is 2.16. The summed E-state index contributed by atoms with van der Waals surface area (Å²) in [7, 11) is 0. The van der Waals surface area contributed by atoms with Crippen molar-refractivity contribution in [1.82, 2.24) is 10.1 Å².